The van der Waals surface area contributed by atoms with Gasteiger partial charge in [0, 0.05) is 5.75 Å². The van der Waals surface area contributed by atoms with Crippen molar-refractivity contribution in [2.24, 2.45) is 5.92 Å². The summed E-state index contributed by atoms with van der Waals surface area (Å²) in [6.07, 6.45) is 3.19. The summed E-state index contributed by atoms with van der Waals surface area (Å²) in [6.45, 7) is 2.01. The highest BCUT2D eigenvalue weighted by molar-refractivity contribution is 7.99. The van der Waals surface area contributed by atoms with Gasteiger partial charge in [0.2, 0.25) is 0 Å². The van der Waals surface area contributed by atoms with Crippen LogP contribution in [0.15, 0.2) is 11.5 Å². The molecule has 1 aromatic rings. The molecule has 1 N–H and O–H groups in total. The first-order valence-electron chi connectivity index (χ1n) is 4.98. The van der Waals surface area contributed by atoms with Crippen molar-refractivity contribution in [2.75, 3.05) is 5.75 Å². The van der Waals surface area contributed by atoms with Crippen molar-refractivity contribution >= 4 is 17.7 Å². The van der Waals surface area contributed by atoms with Gasteiger partial charge >= 0.3 is 5.97 Å². The van der Waals surface area contributed by atoms with Crippen LogP contribution in [0.3, 0.4) is 0 Å². The second-order valence-corrected chi connectivity index (χ2v) is 4.51. The molecule has 0 aromatic carbocycles. The molecule has 1 saturated heterocycles. The van der Waals surface area contributed by atoms with Crippen LogP contribution in [0.1, 0.15) is 19.8 Å². The maximum atomic E-state index is 11.3. The minimum atomic E-state index is -0.0549. The van der Waals surface area contributed by atoms with Gasteiger partial charge in [0.25, 0.3) is 0 Å². The van der Waals surface area contributed by atoms with Gasteiger partial charge in [0.15, 0.2) is 5.16 Å². The first-order chi connectivity index (χ1) is 7.29. The van der Waals surface area contributed by atoms with Crippen LogP contribution in [0.25, 0.3) is 0 Å². The molecule has 0 unspecified atom stereocenters. The van der Waals surface area contributed by atoms with E-state index >= 15 is 0 Å². The first-order valence-corrected chi connectivity index (χ1v) is 5.96. The van der Waals surface area contributed by atoms with E-state index in [9.17, 15) is 4.79 Å². The molecule has 2 rings (SSSR count). The Labute approximate surface area is 92.0 Å². The van der Waals surface area contributed by atoms with Gasteiger partial charge < -0.3 is 4.74 Å². The predicted molar refractivity (Wildman–Crippen MR) is 55.4 cm³/mol. The number of aromatic amines is 1. The number of H-pyrrole nitrogens is 1. The van der Waals surface area contributed by atoms with Gasteiger partial charge in [-0.25, -0.2) is 4.98 Å². The van der Waals surface area contributed by atoms with E-state index in [0.29, 0.717) is 0 Å². The molecule has 0 saturated carbocycles. The summed E-state index contributed by atoms with van der Waals surface area (Å²) in [4.78, 5) is 15.3. The lowest BCUT2D eigenvalue weighted by Gasteiger charge is -2.05. The van der Waals surface area contributed by atoms with E-state index in [1.807, 2.05) is 6.92 Å². The molecule has 0 amide bonds. The molecule has 2 atom stereocenters. The number of esters is 1. The van der Waals surface area contributed by atoms with Crippen LogP contribution < -0.4 is 0 Å². The third kappa shape index (κ3) is 2.50. The van der Waals surface area contributed by atoms with Crippen LogP contribution in [-0.4, -0.2) is 33.0 Å². The van der Waals surface area contributed by atoms with Crippen molar-refractivity contribution in [3.05, 3.63) is 6.33 Å². The molecule has 0 radical (unpaired) electrons. The number of aromatic nitrogens is 3. The quantitative estimate of drug-likeness (QED) is 0.619. The topological polar surface area (TPSA) is 67.9 Å². The number of nitrogens with one attached hydrogen (secondary N) is 1. The lowest BCUT2D eigenvalue weighted by molar-refractivity contribution is -0.143. The highest BCUT2D eigenvalue weighted by Gasteiger charge is 2.32. The smallest absolute Gasteiger partial charge is 0.309 e. The average Bonchev–Trinajstić information content (AvgIpc) is 2.83. The van der Waals surface area contributed by atoms with Crippen LogP contribution in [0.2, 0.25) is 0 Å². The molecule has 6 heteroatoms. The Bertz CT molecular complexity index is 328. The summed E-state index contributed by atoms with van der Waals surface area (Å²) in [5, 5.41) is 7.28. The minimum absolute atomic E-state index is 0.0255. The SMILES string of the molecule is CC[C@@H]1C[C@@H](CSc2ncn[nH]2)OC1=O. The molecule has 5 nitrogen and oxygen atoms in total. The summed E-state index contributed by atoms with van der Waals surface area (Å²) >= 11 is 1.53. The molecule has 0 spiro atoms. The van der Waals surface area contributed by atoms with Crippen molar-refractivity contribution in [3.8, 4) is 0 Å². The molecule has 0 aliphatic carbocycles. The number of ether oxygens (including phenoxy) is 1. The van der Waals surface area contributed by atoms with Crippen LogP contribution in [0.4, 0.5) is 0 Å². The Morgan fingerprint density at radius 1 is 1.73 bits per heavy atom. The Balaban J connectivity index is 1.80. The van der Waals surface area contributed by atoms with Crippen LogP contribution in [0.5, 0.6) is 0 Å². The molecule has 15 heavy (non-hydrogen) atoms. The van der Waals surface area contributed by atoms with Gasteiger partial charge in [-0.15, -0.1) is 0 Å². The summed E-state index contributed by atoms with van der Waals surface area (Å²) < 4.78 is 5.24. The fourth-order valence-corrected chi connectivity index (χ4v) is 2.38. The van der Waals surface area contributed by atoms with E-state index < -0.39 is 0 Å². The van der Waals surface area contributed by atoms with E-state index in [-0.39, 0.29) is 18.0 Å². The second-order valence-electron chi connectivity index (χ2n) is 3.50. The number of hydrogen-bond acceptors (Lipinski definition) is 5. The molecule has 1 aliphatic heterocycles. The molecule has 1 aliphatic rings. The third-order valence-electron chi connectivity index (χ3n) is 2.46. The Hall–Kier alpha value is -1.04. The number of hydrogen-bond donors (Lipinski definition) is 1. The van der Waals surface area contributed by atoms with Crippen LogP contribution in [0, 0.1) is 5.92 Å². The monoisotopic (exact) mass is 227 g/mol. The minimum Gasteiger partial charge on any atom is -0.461 e. The number of rotatable bonds is 4. The van der Waals surface area contributed by atoms with E-state index in [4.69, 9.17) is 4.74 Å². The normalized spacial score (nSPS) is 25.5. The lowest BCUT2D eigenvalue weighted by Crippen LogP contribution is -2.09. The average molecular weight is 227 g/mol. The Morgan fingerprint density at radius 2 is 2.60 bits per heavy atom. The molecule has 1 fully saturated rings. The maximum absolute atomic E-state index is 11.3. The second kappa shape index (κ2) is 4.65. The molecular weight excluding hydrogens is 214 g/mol. The van der Waals surface area contributed by atoms with Crippen LogP contribution in [-0.2, 0) is 9.53 Å². The van der Waals surface area contributed by atoms with Gasteiger partial charge in [-0.1, -0.05) is 18.7 Å². The zero-order valence-electron chi connectivity index (χ0n) is 8.47. The van der Waals surface area contributed by atoms with E-state index in [2.05, 4.69) is 15.2 Å². The van der Waals surface area contributed by atoms with Gasteiger partial charge in [-0.05, 0) is 12.8 Å². The maximum Gasteiger partial charge on any atom is 0.309 e. The third-order valence-corrected chi connectivity index (χ3v) is 3.46. The summed E-state index contributed by atoms with van der Waals surface area (Å²) in [5.74, 6) is 0.781. The number of nitrogens with zero attached hydrogens (tertiary/aromatic N) is 2. The standard InChI is InChI=1S/C9H13N3O2S/c1-2-6-3-7(14-8(6)13)4-15-9-10-5-11-12-9/h5-7H,2-4H2,1H3,(H,10,11,12)/t6-,7+/m1/s1. The number of thioether (sulfide) groups is 1. The molecular formula is C9H13N3O2S. The molecule has 2 heterocycles. The number of cyclic esters (lactones) is 1. The van der Waals surface area contributed by atoms with Crippen LogP contribution >= 0.6 is 11.8 Å². The summed E-state index contributed by atoms with van der Waals surface area (Å²) in [7, 11) is 0. The van der Waals surface area contributed by atoms with Crippen molar-refractivity contribution in [2.45, 2.75) is 31.0 Å². The number of carbonyl (C=O) groups excluding carboxylic acids is 1. The zero-order valence-corrected chi connectivity index (χ0v) is 9.29. The number of carbonyl (C=O) groups is 1. The highest BCUT2D eigenvalue weighted by Crippen LogP contribution is 2.27. The zero-order chi connectivity index (χ0) is 10.7. The van der Waals surface area contributed by atoms with E-state index in [1.54, 1.807) is 0 Å². The van der Waals surface area contributed by atoms with Crippen molar-refractivity contribution in [1.82, 2.24) is 15.2 Å². The summed E-state index contributed by atoms with van der Waals surface area (Å²) in [5.41, 5.74) is 0. The van der Waals surface area contributed by atoms with Gasteiger partial charge in [-0.2, -0.15) is 5.10 Å². The first kappa shape index (κ1) is 10.5. The van der Waals surface area contributed by atoms with Gasteiger partial charge in [0.05, 0.1) is 5.92 Å². The predicted octanol–water partition coefficient (Wildman–Crippen LogP) is 1.24. The highest BCUT2D eigenvalue weighted by atomic mass is 32.2. The molecule has 1 aromatic heterocycles. The fourth-order valence-electron chi connectivity index (χ4n) is 1.59. The van der Waals surface area contributed by atoms with Gasteiger partial charge in [0.1, 0.15) is 12.4 Å². The Morgan fingerprint density at radius 3 is 3.20 bits per heavy atom. The molecule has 0 bridgehead atoms. The van der Waals surface area contributed by atoms with E-state index in [1.165, 1.54) is 18.1 Å². The summed E-state index contributed by atoms with van der Waals surface area (Å²) in [6, 6.07) is 0. The lowest BCUT2D eigenvalue weighted by atomic mass is 10.0. The van der Waals surface area contributed by atoms with Gasteiger partial charge in [-0.3, -0.25) is 9.89 Å². The van der Waals surface area contributed by atoms with Crippen molar-refractivity contribution < 1.29 is 9.53 Å². The Kier molecular flexibility index (Phi) is 3.25. The molecule has 82 valence electrons. The largest absolute Gasteiger partial charge is 0.461 e. The van der Waals surface area contributed by atoms with Crippen molar-refractivity contribution in [1.29, 1.82) is 0 Å². The fraction of sp³-hybridized carbons (Fsp3) is 0.667. The van der Waals surface area contributed by atoms with E-state index in [0.717, 1.165) is 23.8 Å². The van der Waals surface area contributed by atoms with Crippen molar-refractivity contribution in [3.63, 3.8) is 0 Å².